The maximum Gasteiger partial charge on any atom is 0.416 e. The molecule has 0 aromatic carbocycles. The average molecular weight is 596 g/mol. The second kappa shape index (κ2) is 10.2. The van der Waals surface area contributed by atoms with Crippen molar-refractivity contribution in [3.05, 3.63) is 28.1 Å². The van der Waals surface area contributed by atoms with Crippen LogP contribution in [0.3, 0.4) is 0 Å². The molecular formula is C24H34F3IN3O3-. The van der Waals surface area contributed by atoms with Gasteiger partial charge in [-0.25, -0.2) is 0 Å². The highest BCUT2D eigenvalue weighted by molar-refractivity contribution is 14.2. The Morgan fingerprint density at radius 2 is 2.12 bits per heavy atom. The highest BCUT2D eigenvalue weighted by atomic mass is 127. The maximum absolute atomic E-state index is 13.9. The first-order chi connectivity index (χ1) is 16.0. The van der Waals surface area contributed by atoms with Gasteiger partial charge in [-0.1, -0.05) is 20.8 Å². The third kappa shape index (κ3) is 5.24. The number of nitrogens with one attached hydrogen (secondary N) is 1. The highest BCUT2D eigenvalue weighted by Crippen LogP contribution is 2.47. The Morgan fingerprint density at radius 1 is 1.35 bits per heavy atom. The molecule has 10 heteroatoms. The van der Waals surface area contributed by atoms with E-state index in [0.29, 0.717) is 36.2 Å². The number of allylic oxidation sites excluding steroid dienone is 1. The van der Waals surface area contributed by atoms with Crippen molar-refractivity contribution in [3.8, 4) is 0 Å². The van der Waals surface area contributed by atoms with Crippen LogP contribution in [0.25, 0.3) is 0 Å². The van der Waals surface area contributed by atoms with Gasteiger partial charge in [0.2, 0.25) is 5.91 Å². The van der Waals surface area contributed by atoms with E-state index in [1.54, 1.807) is 4.90 Å². The molecule has 3 heterocycles. The summed E-state index contributed by atoms with van der Waals surface area (Å²) >= 11 is -1.42. The fourth-order valence-corrected chi connectivity index (χ4v) is 7.70. The minimum absolute atomic E-state index is 0.0145. The van der Waals surface area contributed by atoms with Gasteiger partial charge in [-0.05, 0) is 74.2 Å². The van der Waals surface area contributed by atoms with E-state index in [2.05, 4.69) is 26.1 Å². The predicted molar refractivity (Wildman–Crippen MR) is 134 cm³/mol. The van der Waals surface area contributed by atoms with Crippen molar-refractivity contribution in [2.75, 3.05) is 26.3 Å². The zero-order valence-corrected chi connectivity index (χ0v) is 22.1. The van der Waals surface area contributed by atoms with Crippen LogP contribution in [-0.4, -0.2) is 62.7 Å². The largest absolute Gasteiger partial charge is 0.750 e. The number of alkyl halides is 3. The van der Waals surface area contributed by atoms with Crippen molar-refractivity contribution in [1.29, 1.82) is 0 Å². The lowest BCUT2D eigenvalue weighted by atomic mass is 9.74. The second-order valence-corrected chi connectivity index (χ2v) is 12.4. The first-order valence-electron chi connectivity index (χ1n) is 12.1. The van der Waals surface area contributed by atoms with Gasteiger partial charge in [0.25, 0.3) is 0 Å². The Hall–Kier alpha value is -0.980. The number of rotatable bonds is 4. The molecule has 0 spiro atoms. The van der Waals surface area contributed by atoms with Gasteiger partial charge in [0.15, 0.2) is 0 Å². The van der Waals surface area contributed by atoms with Gasteiger partial charge in [0, 0.05) is 43.9 Å². The molecule has 1 N–H and O–H groups in total. The third-order valence-corrected chi connectivity index (χ3v) is 9.97. The number of hydrogen-bond donors (Lipinski definition) is 1. The van der Waals surface area contributed by atoms with Gasteiger partial charge < -0.3 is 23.4 Å². The van der Waals surface area contributed by atoms with Gasteiger partial charge in [-0.15, -0.1) is 0 Å². The van der Waals surface area contributed by atoms with Crippen LogP contribution < -0.4 is 5.32 Å². The molecule has 192 valence electrons. The summed E-state index contributed by atoms with van der Waals surface area (Å²) in [4.78, 5) is 15.6. The Morgan fingerprint density at radius 3 is 2.79 bits per heavy atom. The van der Waals surface area contributed by atoms with Gasteiger partial charge in [-0.3, -0.25) is 4.79 Å². The lowest BCUT2D eigenvalue weighted by molar-refractivity contribution is -0.144. The minimum atomic E-state index is -4.50. The molecule has 34 heavy (non-hydrogen) atoms. The summed E-state index contributed by atoms with van der Waals surface area (Å²) < 4.78 is 47.6. The van der Waals surface area contributed by atoms with E-state index < -0.39 is 38.2 Å². The molecule has 1 amide bonds. The molecule has 0 bridgehead atoms. The number of hydroxylamine groups is 1. The summed E-state index contributed by atoms with van der Waals surface area (Å²) in [6, 6.07) is 0.613. The van der Waals surface area contributed by atoms with E-state index in [4.69, 9.17) is 4.74 Å². The third-order valence-electron chi connectivity index (χ3n) is 7.93. The molecule has 1 saturated carbocycles. The van der Waals surface area contributed by atoms with Gasteiger partial charge in [0.05, 0.1) is 17.6 Å². The molecule has 0 radical (unpaired) electrons. The van der Waals surface area contributed by atoms with Crippen LogP contribution in [0.1, 0.15) is 52.9 Å². The van der Waals surface area contributed by atoms with Gasteiger partial charge >= 0.3 is 6.18 Å². The highest BCUT2D eigenvalue weighted by Gasteiger charge is 2.50. The Balaban J connectivity index is 1.51. The molecule has 2 fully saturated rings. The van der Waals surface area contributed by atoms with E-state index in [9.17, 15) is 23.2 Å². The summed E-state index contributed by atoms with van der Waals surface area (Å²) in [6.07, 6.45) is 0.240. The number of carbonyl (C=O) groups excluding carboxylic acids is 1. The average Bonchev–Trinajstić information content (AvgIpc) is 3.13. The number of carbonyl (C=O) groups is 1. The van der Waals surface area contributed by atoms with Gasteiger partial charge in [-0.2, -0.15) is 13.2 Å². The SMILES string of the molecule is CC1COCCC1N[C@@H]1CC[C@@](C(=O)N2CCC3=C(C=C(C(F)(F)F)C=IN3[O-])C2)(C(C)C)C1. The Bertz CT molecular complexity index is 888. The van der Waals surface area contributed by atoms with E-state index >= 15 is 0 Å². The molecule has 0 aromatic heterocycles. The molecule has 3 aliphatic heterocycles. The minimum Gasteiger partial charge on any atom is -0.750 e. The van der Waals surface area contributed by atoms with Crippen molar-refractivity contribution in [3.63, 3.8) is 0 Å². The molecule has 2 unspecified atom stereocenters. The topological polar surface area (TPSA) is 67.9 Å². The van der Waals surface area contributed by atoms with Crippen molar-refractivity contribution in [2.45, 2.75) is 71.1 Å². The fraction of sp³-hybridized carbons (Fsp3) is 0.750. The lowest BCUT2D eigenvalue weighted by Gasteiger charge is -2.42. The van der Waals surface area contributed by atoms with Crippen molar-refractivity contribution < 1.29 is 22.7 Å². The van der Waals surface area contributed by atoms with Crippen molar-refractivity contribution >= 4 is 30.9 Å². The first kappa shape index (κ1) is 26.1. The molecule has 6 nitrogen and oxygen atoms in total. The van der Waals surface area contributed by atoms with E-state index in [0.717, 1.165) is 52.3 Å². The molecule has 0 aromatic rings. The normalized spacial score (nSPS) is 32.9. The van der Waals surface area contributed by atoms with Crippen molar-refractivity contribution in [1.82, 2.24) is 13.5 Å². The van der Waals surface area contributed by atoms with Crippen LogP contribution in [0, 0.1) is 22.5 Å². The smallest absolute Gasteiger partial charge is 0.416 e. The van der Waals surface area contributed by atoms with E-state index in [-0.39, 0.29) is 24.4 Å². The summed E-state index contributed by atoms with van der Waals surface area (Å²) in [7, 11) is 0. The zero-order valence-electron chi connectivity index (χ0n) is 20.0. The van der Waals surface area contributed by atoms with Crippen LogP contribution in [-0.2, 0) is 9.53 Å². The van der Waals surface area contributed by atoms with E-state index in [1.807, 2.05) is 0 Å². The Kier molecular flexibility index (Phi) is 7.81. The molecule has 4 aliphatic rings. The number of ether oxygens (including phenoxy) is 1. The maximum atomic E-state index is 13.9. The fourth-order valence-electron chi connectivity index (χ4n) is 5.73. The molecule has 4 rings (SSSR count). The number of amides is 1. The molecule has 1 aliphatic carbocycles. The standard InChI is InChI=1S/C24H34F3IN3O3/c1-15(2)23(7-4-19(11-23)29-20-6-9-34-14-16(20)3)22(32)30-8-5-21-17(13-30)10-18(24(25,26)27)12-28-31(21)33/h10,12,15-16,19-20,29H,4-9,11,13-14H2,1-3H3/q-1/t16?,19-,20?,23+/m1/s1. The van der Waals surface area contributed by atoms with Crippen LogP contribution in [0.2, 0.25) is 0 Å². The quantitative estimate of drug-likeness (QED) is 0.378. The summed E-state index contributed by atoms with van der Waals surface area (Å²) in [6.45, 7) is 8.24. The van der Waals surface area contributed by atoms with Crippen LogP contribution in [0.5, 0.6) is 0 Å². The van der Waals surface area contributed by atoms with Crippen molar-refractivity contribution in [2.24, 2.45) is 17.3 Å². The summed E-state index contributed by atoms with van der Waals surface area (Å²) in [5, 5.41) is 16.2. The van der Waals surface area contributed by atoms with Gasteiger partial charge in [0.1, 0.15) is 0 Å². The number of hydrogen-bond acceptors (Lipinski definition) is 5. The summed E-state index contributed by atoms with van der Waals surface area (Å²) in [5.41, 5.74) is -0.570. The Labute approximate surface area is 209 Å². The predicted octanol–water partition coefficient (Wildman–Crippen LogP) is 4.67. The zero-order chi connectivity index (χ0) is 24.7. The van der Waals surface area contributed by atoms with Crippen LogP contribution >= 0.6 is 21.0 Å². The monoisotopic (exact) mass is 596 g/mol. The number of halogens is 4. The molecule has 4 atom stereocenters. The molecular weight excluding hydrogens is 562 g/mol. The lowest BCUT2D eigenvalue weighted by Crippen LogP contribution is -2.50. The van der Waals surface area contributed by atoms with E-state index in [1.165, 1.54) is 0 Å². The first-order valence-corrected chi connectivity index (χ1v) is 14.3. The summed E-state index contributed by atoms with van der Waals surface area (Å²) in [5.74, 6) is 0.547. The number of nitrogens with zero attached hydrogens (tertiary/aromatic N) is 2. The second-order valence-electron chi connectivity index (χ2n) is 10.4. The van der Waals surface area contributed by atoms with Crippen LogP contribution in [0.15, 0.2) is 22.9 Å². The van der Waals surface area contributed by atoms with Crippen LogP contribution in [0.4, 0.5) is 13.2 Å². The molecule has 1 saturated heterocycles.